The number of benzene rings is 1. The van der Waals surface area contributed by atoms with E-state index in [-0.39, 0.29) is 5.82 Å². The summed E-state index contributed by atoms with van der Waals surface area (Å²) in [4.78, 5) is 5.38. The number of thioether (sulfide) groups is 1. The summed E-state index contributed by atoms with van der Waals surface area (Å²) >= 11 is 3.41. The molecule has 0 spiro atoms. The minimum atomic E-state index is -0.240. The number of imidazole rings is 1. The van der Waals surface area contributed by atoms with Gasteiger partial charge < -0.3 is 5.32 Å². The third-order valence-electron chi connectivity index (χ3n) is 3.23. The van der Waals surface area contributed by atoms with E-state index < -0.39 is 0 Å². The molecular weight excluding hydrogens is 319 g/mol. The highest BCUT2D eigenvalue weighted by Gasteiger charge is 2.09. The molecule has 1 N–H and O–H groups in total. The maximum Gasteiger partial charge on any atom is 0.214 e. The highest BCUT2D eigenvalue weighted by Crippen LogP contribution is 2.24. The fourth-order valence-electron chi connectivity index (χ4n) is 2.10. The van der Waals surface area contributed by atoms with Crippen LogP contribution in [0.25, 0.3) is 16.2 Å². The summed E-state index contributed by atoms with van der Waals surface area (Å²) in [5.74, 6) is 0.958. The second-order valence-electron chi connectivity index (χ2n) is 4.89. The second kappa shape index (κ2) is 7.11. The molecular formula is C15H17FN4S2. The van der Waals surface area contributed by atoms with Crippen LogP contribution in [0.2, 0.25) is 0 Å². The average Bonchev–Trinajstić information content (AvgIpc) is 3.06. The molecule has 3 rings (SSSR count). The first-order valence-corrected chi connectivity index (χ1v) is 9.32. The first-order valence-electron chi connectivity index (χ1n) is 7.11. The van der Waals surface area contributed by atoms with Gasteiger partial charge >= 0.3 is 0 Å². The molecule has 0 bridgehead atoms. The fourth-order valence-corrected chi connectivity index (χ4v) is 3.40. The Kier molecular flexibility index (Phi) is 4.94. The molecule has 7 heteroatoms. The van der Waals surface area contributed by atoms with Crippen molar-refractivity contribution in [3.63, 3.8) is 0 Å². The Labute approximate surface area is 136 Å². The fraction of sp³-hybridized carbons (Fsp3) is 0.333. The molecule has 0 amide bonds. The molecule has 2 aromatic heterocycles. The van der Waals surface area contributed by atoms with Gasteiger partial charge in [-0.2, -0.15) is 11.8 Å². The molecule has 116 valence electrons. The van der Waals surface area contributed by atoms with E-state index in [1.54, 1.807) is 16.6 Å². The van der Waals surface area contributed by atoms with Crippen LogP contribution in [0.1, 0.15) is 12.8 Å². The zero-order valence-electron chi connectivity index (χ0n) is 12.3. The quantitative estimate of drug-likeness (QED) is 0.658. The van der Waals surface area contributed by atoms with Crippen molar-refractivity contribution in [3.8, 4) is 11.3 Å². The van der Waals surface area contributed by atoms with Crippen LogP contribution in [-0.4, -0.2) is 33.2 Å². The van der Waals surface area contributed by atoms with Gasteiger partial charge in [-0.15, -0.1) is 5.10 Å². The topological polar surface area (TPSA) is 42.2 Å². The molecule has 0 saturated carbocycles. The van der Waals surface area contributed by atoms with E-state index in [1.807, 2.05) is 18.0 Å². The number of fused-ring (bicyclic) bond motifs is 1. The molecule has 22 heavy (non-hydrogen) atoms. The Morgan fingerprint density at radius 3 is 2.82 bits per heavy atom. The zero-order valence-corrected chi connectivity index (χ0v) is 13.9. The van der Waals surface area contributed by atoms with Crippen molar-refractivity contribution in [1.29, 1.82) is 0 Å². The Morgan fingerprint density at radius 2 is 2.09 bits per heavy atom. The Morgan fingerprint density at radius 1 is 1.27 bits per heavy atom. The summed E-state index contributed by atoms with van der Waals surface area (Å²) in [6.45, 7) is 0.933. The lowest BCUT2D eigenvalue weighted by molar-refractivity contribution is 0.628. The number of aromatic nitrogens is 3. The van der Waals surface area contributed by atoms with Crippen LogP contribution in [-0.2, 0) is 0 Å². The van der Waals surface area contributed by atoms with Crippen molar-refractivity contribution in [2.75, 3.05) is 23.9 Å². The van der Waals surface area contributed by atoms with Crippen LogP contribution < -0.4 is 5.32 Å². The van der Waals surface area contributed by atoms with Crippen LogP contribution in [0.5, 0.6) is 0 Å². The standard InChI is InChI=1S/C15H17FN4S2/c1-21-9-3-2-8-17-14-19-20-10-13(18-15(20)22-14)11-4-6-12(16)7-5-11/h4-7,10H,2-3,8-9H2,1H3,(H,17,19). The largest absolute Gasteiger partial charge is 0.360 e. The number of hydrogen-bond donors (Lipinski definition) is 1. The van der Waals surface area contributed by atoms with Gasteiger partial charge in [-0.05, 0) is 49.1 Å². The number of anilines is 1. The smallest absolute Gasteiger partial charge is 0.214 e. The normalized spacial score (nSPS) is 11.2. The summed E-state index contributed by atoms with van der Waals surface area (Å²) in [5.41, 5.74) is 1.70. The molecule has 0 radical (unpaired) electrons. The molecule has 1 aromatic carbocycles. The van der Waals surface area contributed by atoms with Crippen LogP contribution in [0.3, 0.4) is 0 Å². The van der Waals surface area contributed by atoms with E-state index in [9.17, 15) is 4.39 Å². The van der Waals surface area contributed by atoms with E-state index in [1.165, 1.54) is 35.6 Å². The first kappa shape index (κ1) is 15.3. The molecule has 3 aromatic rings. The Bertz CT molecular complexity index is 704. The zero-order chi connectivity index (χ0) is 15.4. The van der Waals surface area contributed by atoms with Gasteiger partial charge in [-0.25, -0.2) is 13.9 Å². The lowest BCUT2D eigenvalue weighted by atomic mass is 10.2. The molecule has 0 aliphatic heterocycles. The lowest BCUT2D eigenvalue weighted by Crippen LogP contribution is -2.01. The van der Waals surface area contributed by atoms with Gasteiger partial charge in [0.25, 0.3) is 0 Å². The van der Waals surface area contributed by atoms with Crippen molar-refractivity contribution < 1.29 is 4.39 Å². The van der Waals surface area contributed by atoms with Crippen molar-refractivity contribution in [1.82, 2.24) is 14.6 Å². The van der Waals surface area contributed by atoms with E-state index in [2.05, 4.69) is 21.7 Å². The second-order valence-corrected chi connectivity index (χ2v) is 6.84. The summed E-state index contributed by atoms with van der Waals surface area (Å²) < 4.78 is 14.7. The van der Waals surface area contributed by atoms with Crippen LogP contribution in [0.15, 0.2) is 30.5 Å². The molecule has 0 atom stereocenters. The van der Waals surface area contributed by atoms with Crippen LogP contribution in [0, 0.1) is 5.82 Å². The highest BCUT2D eigenvalue weighted by atomic mass is 32.2. The van der Waals surface area contributed by atoms with Gasteiger partial charge in [-0.3, -0.25) is 0 Å². The number of halogens is 1. The van der Waals surface area contributed by atoms with Gasteiger partial charge in [0.2, 0.25) is 10.1 Å². The molecule has 0 aliphatic carbocycles. The van der Waals surface area contributed by atoms with E-state index in [4.69, 9.17) is 0 Å². The minimum Gasteiger partial charge on any atom is -0.360 e. The SMILES string of the molecule is CSCCCCNc1nn2cc(-c3ccc(F)cc3)nc2s1. The number of nitrogens with one attached hydrogen (secondary N) is 1. The summed E-state index contributed by atoms with van der Waals surface area (Å²) in [6, 6.07) is 6.34. The van der Waals surface area contributed by atoms with Crippen molar-refractivity contribution >= 4 is 33.2 Å². The van der Waals surface area contributed by atoms with E-state index in [0.29, 0.717) is 0 Å². The highest BCUT2D eigenvalue weighted by molar-refractivity contribution is 7.98. The van der Waals surface area contributed by atoms with E-state index >= 15 is 0 Å². The summed E-state index contributed by atoms with van der Waals surface area (Å²) in [6.07, 6.45) is 6.36. The number of unbranched alkanes of at least 4 members (excludes halogenated alkanes) is 1. The molecule has 2 heterocycles. The van der Waals surface area contributed by atoms with Gasteiger partial charge in [0.1, 0.15) is 5.82 Å². The predicted molar refractivity (Wildman–Crippen MR) is 92.4 cm³/mol. The van der Waals surface area contributed by atoms with Crippen LogP contribution in [0.4, 0.5) is 9.52 Å². The lowest BCUT2D eigenvalue weighted by Gasteiger charge is -2.00. The number of nitrogens with zero attached hydrogens (tertiary/aromatic N) is 3. The summed E-state index contributed by atoms with van der Waals surface area (Å²) in [5, 5.41) is 8.70. The Balaban J connectivity index is 1.65. The minimum absolute atomic E-state index is 0.240. The van der Waals surface area contributed by atoms with Gasteiger partial charge in [0, 0.05) is 12.1 Å². The molecule has 4 nitrogen and oxygen atoms in total. The van der Waals surface area contributed by atoms with Crippen molar-refractivity contribution in [2.24, 2.45) is 0 Å². The first-order chi connectivity index (χ1) is 10.8. The number of hydrogen-bond acceptors (Lipinski definition) is 5. The third kappa shape index (κ3) is 3.59. The maximum atomic E-state index is 13.0. The Hall–Kier alpha value is -1.60. The summed E-state index contributed by atoms with van der Waals surface area (Å²) in [7, 11) is 0. The van der Waals surface area contributed by atoms with Gasteiger partial charge in [0.15, 0.2) is 0 Å². The maximum absolute atomic E-state index is 13.0. The third-order valence-corrected chi connectivity index (χ3v) is 4.81. The molecule has 0 fully saturated rings. The van der Waals surface area contributed by atoms with Crippen LogP contribution >= 0.6 is 23.1 Å². The van der Waals surface area contributed by atoms with Gasteiger partial charge in [-0.1, -0.05) is 11.3 Å². The predicted octanol–water partition coefficient (Wildman–Crippen LogP) is 4.15. The van der Waals surface area contributed by atoms with Crippen molar-refractivity contribution in [2.45, 2.75) is 12.8 Å². The van der Waals surface area contributed by atoms with Crippen molar-refractivity contribution in [3.05, 3.63) is 36.3 Å². The molecule has 0 unspecified atom stereocenters. The van der Waals surface area contributed by atoms with Gasteiger partial charge in [0.05, 0.1) is 11.9 Å². The monoisotopic (exact) mass is 336 g/mol. The number of rotatable bonds is 7. The van der Waals surface area contributed by atoms with E-state index in [0.717, 1.165) is 34.3 Å². The molecule has 0 aliphatic rings. The average molecular weight is 336 g/mol. The molecule has 0 saturated heterocycles.